The Morgan fingerprint density at radius 2 is 1.93 bits per heavy atom. The van der Waals surface area contributed by atoms with Crippen LogP contribution < -0.4 is 14.4 Å². The molecule has 2 aliphatic heterocycles. The Hall–Kier alpha value is -2.55. The van der Waals surface area contributed by atoms with Gasteiger partial charge in [0.15, 0.2) is 0 Å². The molecule has 2 aromatic carbocycles. The van der Waals surface area contributed by atoms with Gasteiger partial charge in [-0.05, 0) is 111 Å². The van der Waals surface area contributed by atoms with E-state index in [9.17, 15) is 18.3 Å². The Bertz CT molecular complexity index is 1530. The average molecular weight is 611 g/mol. The van der Waals surface area contributed by atoms with E-state index >= 15 is 0 Å². The number of carbonyl (C=O) groups is 1. The molecule has 2 N–H and O–H groups in total. The maximum atomic E-state index is 13.4. The molecule has 0 saturated heterocycles. The molecule has 2 heterocycles. The third-order valence-electron chi connectivity index (χ3n) is 10.6. The Balaban J connectivity index is 1.30. The number of nitrogens with one attached hydrogen (secondary N) is 1. The van der Waals surface area contributed by atoms with Crippen LogP contribution in [0.25, 0.3) is 0 Å². The van der Waals surface area contributed by atoms with Gasteiger partial charge in [-0.3, -0.25) is 4.79 Å². The molecule has 4 bridgehead atoms. The van der Waals surface area contributed by atoms with Crippen molar-refractivity contribution < 1.29 is 23.1 Å². The Morgan fingerprint density at radius 3 is 2.76 bits per heavy atom. The number of aliphatic hydroxyl groups excluding tert-OH is 1. The van der Waals surface area contributed by atoms with Gasteiger partial charge in [0, 0.05) is 29.1 Å². The third-order valence-corrected chi connectivity index (χ3v) is 12.6. The number of aliphatic hydroxyl groups is 1. The lowest BCUT2D eigenvalue weighted by Crippen LogP contribution is -2.49. The lowest BCUT2D eigenvalue weighted by molar-refractivity contribution is 0.0453. The van der Waals surface area contributed by atoms with Crippen LogP contribution in [0.15, 0.2) is 48.6 Å². The van der Waals surface area contributed by atoms with E-state index in [0.29, 0.717) is 43.2 Å². The summed E-state index contributed by atoms with van der Waals surface area (Å²) in [6.45, 7) is 1.94. The zero-order valence-corrected chi connectivity index (χ0v) is 25.4. The summed E-state index contributed by atoms with van der Waals surface area (Å²) in [4.78, 5) is 15.7. The second-order valence-corrected chi connectivity index (χ2v) is 15.6. The Morgan fingerprint density at radius 1 is 1.05 bits per heavy atom. The van der Waals surface area contributed by atoms with Crippen molar-refractivity contribution >= 4 is 33.2 Å². The minimum atomic E-state index is -3.85. The highest BCUT2D eigenvalue weighted by Gasteiger charge is 2.44. The molecule has 2 saturated carbocycles. The molecule has 2 fully saturated rings. The highest BCUT2D eigenvalue weighted by molar-refractivity contribution is 7.90. The summed E-state index contributed by atoms with van der Waals surface area (Å²) in [6.07, 6.45) is 11.0. The number of ether oxygens (including phenoxy) is 1. The predicted molar refractivity (Wildman–Crippen MR) is 164 cm³/mol. The smallest absolute Gasteiger partial charge is 0.264 e. The van der Waals surface area contributed by atoms with Crippen molar-refractivity contribution in [2.75, 3.05) is 24.6 Å². The van der Waals surface area contributed by atoms with Crippen LogP contribution in [0.4, 0.5) is 5.69 Å². The topological polar surface area (TPSA) is 95.9 Å². The fourth-order valence-corrected chi connectivity index (χ4v) is 9.85. The van der Waals surface area contributed by atoms with Crippen LogP contribution in [0.3, 0.4) is 0 Å². The van der Waals surface area contributed by atoms with Gasteiger partial charge < -0.3 is 14.7 Å². The number of carbonyl (C=O) groups excluding carboxylic acids is 1. The van der Waals surface area contributed by atoms with E-state index in [1.807, 2.05) is 24.3 Å². The summed E-state index contributed by atoms with van der Waals surface area (Å²) in [5.41, 5.74) is 3.39. The second-order valence-electron chi connectivity index (χ2n) is 13.2. The van der Waals surface area contributed by atoms with Gasteiger partial charge in [0.25, 0.3) is 5.91 Å². The summed E-state index contributed by atoms with van der Waals surface area (Å²) in [6, 6.07) is 11.5. The number of benzene rings is 2. The van der Waals surface area contributed by atoms with E-state index < -0.39 is 27.3 Å². The molecule has 0 aromatic heterocycles. The molecule has 6 atom stereocenters. The number of rotatable bonds is 0. The molecule has 1 amide bonds. The number of nitrogens with zero attached hydrogens (tertiary/aromatic N) is 1. The average Bonchev–Trinajstić information content (AvgIpc) is 3.10. The third kappa shape index (κ3) is 5.13. The molecular formula is C33H39ClN2O5S. The van der Waals surface area contributed by atoms with Crippen LogP contribution in [-0.2, 0) is 21.9 Å². The quantitative estimate of drug-likeness (QED) is 0.389. The van der Waals surface area contributed by atoms with Crippen molar-refractivity contribution in [1.82, 2.24) is 4.72 Å². The van der Waals surface area contributed by atoms with Crippen molar-refractivity contribution in [2.45, 2.75) is 74.6 Å². The molecule has 0 unspecified atom stereocenters. The van der Waals surface area contributed by atoms with Crippen molar-refractivity contribution in [3.63, 3.8) is 0 Å². The van der Waals surface area contributed by atoms with E-state index in [2.05, 4.69) is 21.8 Å². The first-order valence-electron chi connectivity index (χ1n) is 15.4. The van der Waals surface area contributed by atoms with E-state index in [4.69, 9.17) is 16.3 Å². The summed E-state index contributed by atoms with van der Waals surface area (Å²) < 4.78 is 35.6. The van der Waals surface area contributed by atoms with Crippen molar-refractivity contribution in [2.24, 2.45) is 17.8 Å². The summed E-state index contributed by atoms with van der Waals surface area (Å²) in [5, 5.41) is 11.4. The number of amides is 1. The lowest BCUT2D eigenvalue weighted by atomic mass is 9.68. The number of allylic oxidation sites excluding steroid dienone is 1. The largest absolute Gasteiger partial charge is 0.490 e. The maximum absolute atomic E-state index is 13.4. The van der Waals surface area contributed by atoms with E-state index in [1.54, 1.807) is 12.1 Å². The maximum Gasteiger partial charge on any atom is 0.264 e. The van der Waals surface area contributed by atoms with Gasteiger partial charge in [-0.15, -0.1) is 0 Å². The molecule has 7 rings (SSSR count). The van der Waals surface area contributed by atoms with E-state index in [1.165, 1.54) is 11.1 Å². The number of fused-ring (bicyclic) bond motifs is 6. The number of aryl methyl sites for hydroxylation is 1. The zero-order valence-electron chi connectivity index (χ0n) is 23.8. The Kier molecular flexibility index (Phi) is 7.30. The van der Waals surface area contributed by atoms with Crippen LogP contribution >= 0.6 is 11.6 Å². The molecule has 9 heteroatoms. The standard InChI is InChI=1S/C33H39ClN2O5S/c34-25-9-11-28-22(16-25)4-2-14-33(28)19-36-18-24-7-10-27(24)30(37)12-6-21-3-1-5-26(15-21)42(39,40)35-32(38)23-8-13-31(41-20-33)29(36)17-23/h6,8-9,11-13,16-17,21,24,26-27,30,37H,1-5,7,10,14-15,18-20H2,(H,35,38)/b12-6-/t21-,24+,26-,27-,30+,33+/m1/s1. The van der Waals surface area contributed by atoms with Gasteiger partial charge in [-0.1, -0.05) is 36.2 Å². The van der Waals surface area contributed by atoms with Crippen molar-refractivity contribution in [3.05, 3.63) is 70.3 Å². The number of halogens is 1. The first-order valence-corrected chi connectivity index (χ1v) is 17.4. The van der Waals surface area contributed by atoms with Gasteiger partial charge in [0.1, 0.15) is 5.75 Å². The van der Waals surface area contributed by atoms with Crippen molar-refractivity contribution in [1.29, 1.82) is 0 Å². The van der Waals surface area contributed by atoms with Crippen LogP contribution in [0, 0.1) is 17.8 Å². The summed E-state index contributed by atoms with van der Waals surface area (Å²) >= 11 is 6.39. The SMILES string of the molecule is O=C1NS(=O)(=O)[C@@H]2CCC[C@H](/C=C\[C@H](O)[C@@H]3CC[C@H]3CN3C[C@@]4(CCCc5cc(Cl)ccc54)COc4ccc1cc43)C2. The second kappa shape index (κ2) is 10.9. The number of hydrogen-bond acceptors (Lipinski definition) is 6. The fourth-order valence-electron chi connectivity index (χ4n) is 8.13. The molecule has 3 aliphatic carbocycles. The van der Waals surface area contributed by atoms with Gasteiger partial charge in [-0.25, -0.2) is 13.1 Å². The zero-order chi connectivity index (χ0) is 29.1. The van der Waals surface area contributed by atoms with Crippen LogP contribution in [-0.4, -0.2) is 50.5 Å². The molecule has 5 aliphatic rings. The van der Waals surface area contributed by atoms with Crippen LogP contribution in [0.1, 0.15) is 72.9 Å². The first kappa shape index (κ1) is 28.2. The predicted octanol–water partition coefficient (Wildman–Crippen LogP) is 5.39. The summed E-state index contributed by atoms with van der Waals surface area (Å²) in [7, 11) is -3.85. The molecule has 224 valence electrons. The normalized spacial score (nSPS) is 34.6. The number of anilines is 1. The van der Waals surface area contributed by atoms with Crippen molar-refractivity contribution in [3.8, 4) is 5.75 Å². The molecule has 2 aromatic rings. The first-order chi connectivity index (χ1) is 20.2. The van der Waals surface area contributed by atoms with Gasteiger partial charge >= 0.3 is 0 Å². The van der Waals surface area contributed by atoms with Gasteiger partial charge in [-0.2, -0.15) is 0 Å². The molecule has 7 nitrogen and oxygen atoms in total. The summed E-state index contributed by atoms with van der Waals surface area (Å²) in [5.74, 6) is 0.608. The highest BCUT2D eigenvalue weighted by Crippen LogP contribution is 2.47. The number of hydrogen-bond donors (Lipinski definition) is 2. The molecule has 0 radical (unpaired) electrons. The van der Waals surface area contributed by atoms with Crippen LogP contribution in [0.2, 0.25) is 5.02 Å². The molecule has 1 spiro atoms. The van der Waals surface area contributed by atoms with Gasteiger partial charge in [0.2, 0.25) is 10.0 Å². The van der Waals surface area contributed by atoms with Crippen LogP contribution in [0.5, 0.6) is 5.75 Å². The Labute approximate surface area is 253 Å². The van der Waals surface area contributed by atoms with E-state index in [-0.39, 0.29) is 17.3 Å². The van der Waals surface area contributed by atoms with E-state index in [0.717, 1.165) is 62.2 Å². The fraction of sp³-hybridized carbons (Fsp3) is 0.545. The lowest BCUT2D eigenvalue weighted by Gasteiger charge is -2.45. The molecular weight excluding hydrogens is 572 g/mol. The molecule has 42 heavy (non-hydrogen) atoms. The minimum Gasteiger partial charge on any atom is -0.490 e. The monoisotopic (exact) mass is 610 g/mol. The van der Waals surface area contributed by atoms with Gasteiger partial charge in [0.05, 0.1) is 23.6 Å². The highest BCUT2D eigenvalue weighted by atomic mass is 35.5. The minimum absolute atomic E-state index is 0.0740. The number of sulfonamides is 1.